The molecule has 0 saturated carbocycles. The van der Waals surface area contributed by atoms with Crippen molar-refractivity contribution in [2.45, 2.75) is 6.42 Å². The van der Waals surface area contributed by atoms with E-state index in [2.05, 4.69) is 46.4 Å². The summed E-state index contributed by atoms with van der Waals surface area (Å²) in [7, 11) is 0. The number of benzene rings is 2. The van der Waals surface area contributed by atoms with E-state index in [9.17, 15) is 0 Å². The van der Waals surface area contributed by atoms with Crippen LogP contribution in [0, 0.1) is 0 Å². The van der Waals surface area contributed by atoms with E-state index < -0.39 is 0 Å². The summed E-state index contributed by atoms with van der Waals surface area (Å²) < 4.78 is 2.50. The molecule has 2 aromatic carbocycles. The molecule has 0 saturated heterocycles. The minimum atomic E-state index is 0. The summed E-state index contributed by atoms with van der Waals surface area (Å²) in [6, 6.07) is 16.5. The monoisotopic (exact) mass is 333 g/mol. The first kappa shape index (κ1) is 18.2. The summed E-state index contributed by atoms with van der Waals surface area (Å²) in [4.78, 5) is 9.33. The molecule has 0 aliphatic rings. The van der Waals surface area contributed by atoms with Crippen LogP contribution in [0.15, 0.2) is 48.5 Å². The Bertz CT molecular complexity index is 738. The zero-order chi connectivity index (χ0) is 12.7. The number of nitrogens with zero attached hydrogens (tertiary/aromatic N) is 2. The molecule has 0 aliphatic carbocycles. The van der Waals surface area contributed by atoms with Crippen molar-refractivity contribution in [1.29, 1.82) is 0 Å². The Hall–Kier alpha value is -1.86. The first-order valence-electron chi connectivity index (χ1n) is 6.07. The highest BCUT2D eigenvalue weighted by atomic mass is 32.1. The molecule has 0 spiro atoms. The fourth-order valence-corrected chi connectivity index (χ4v) is 4.16. The molecule has 3 radical (unpaired) electrons. The lowest BCUT2D eigenvalue weighted by atomic mass is 10.3. The number of para-hydroxylation sites is 2. The SMILES string of the molecule is F.F.[B].c1ccc2sc(Cc3nc4ccccc4s3)nc2c1. The first-order valence-corrected chi connectivity index (χ1v) is 7.71. The summed E-state index contributed by atoms with van der Waals surface area (Å²) >= 11 is 3.52. The van der Waals surface area contributed by atoms with Gasteiger partial charge in [0.15, 0.2) is 0 Å². The third-order valence-electron chi connectivity index (χ3n) is 2.98. The quantitative estimate of drug-likeness (QED) is 0.508. The molecule has 0 aliphatic heterocycles. The molecule has 2 aromatic heterocycles. The van der Waals surface area contributed by atoms with Gasteiger partial charge in [0.25, 0.3) is 0 Å². The second kappa shape index (κ2) is 7.42. The number of rotatable bonds is 2. The summed E-state index contributed by atoms with van der Waals surface area (Å²) in [5, 5.41) is 2.28. The van der Waals surface area contributed by atoms with Gasteiger partial charge in [0.2, 0.25) is 0 Å². The minimum Gasteiger partial charge on any atom is -0.269 e. The molecule has 0 N–H and O–H groups in total. The van der Waals surface area contributed by atoms with Crippen molar-refractivity contribution < 1.29 is 9.41 Å². The van der Waals surface area contributed by atoms with Crippen molar-refractivity contribution in [3.8, 4) is 0 Å². The van der Waals surface area contributed by atoms with E-state index >= 15 is 0 Å². The van der Waals surface area contributed by atoms with Crippen LogP contribution in [0.1, 0.15) is 10.0 Å². The predicted octanol–water partition coefficient (Wildman–Crippen LogP) is 4.42. The fourth-order valence-electron chi connectivity index (χ4n) is 2.12. The largest absolute Gasteiger partial charge is 0.269 e. The highest BCUT2D eigenvalue weighted by molar-refractivity contribution is 7.20. The van der Waals surface area contributed by atoms with Crippen LogP contribution in [-0.4, -0.2) is 18.4 Å². The lowest BCUT2D eigenvalue weighted by Crippen LogP contribution is -1.84. The highest BCUT2D eigenvalue weighted by Crippen LogP contribution is 2.27. The minimum absolute atomic E-state index is 0. The standard InChI is InChI=1S/C15H10N2S2.B.2FH/c1-3-7-12-10(5-1)16-14(18-12)9-15-17-11-6-2-4-8-13(11)19-15;;;/h1-8H,9H2;;2*1H. The molecule has 22 heavy (non-hydrogen) atoms. The Kier molecular flexibility index (Phi) is 6.14. The Balaban J connectivity index is 0.000000807. The molecule has 0 fully saturated rings. The number of hydrogen-bond acceptors (Lipinski definition) is 4. The van der Waals surface area contributed by atoms with E-state index in [-0.39, 0.29) is 17.8 Å². The van der Waals surface area contributed by atoms with Gasteiger partial charge >= 0.3 is 0 Å². The Morgan fingerprint density at radius 3 is 1.50 bits per heavy atom. The van der Waals surface area contributed by atoms with Crippen LogP contribution < -0.4 is 0 Å². The molecule has 4 rings (SSSR count). The van der Waals surface area contributed by atoms with E-state index in [4.69, 9.17) is 0 Å². The summed E-state index contributed by atoms with van der Waals surface area (Å²) in [5.41, 5.74) is 2.17. The van der Waals surface area contributed by atoms with Gasteiger partial charge in [-0.05, 0) is 24.3 Å². The predicted molar refractivity (Wildman–Crippen MR) is 92.8 cm³/mol. The van der Waals surface area contributed by atoms with E-state index in [0.717, 1.165) is 27.5 Å². The van der Waals surface area contributed by atoms with Gasteiger partial charge in [0, 0.05) is 8.41 Å². The Morgan fingerprint density at radius 2 is 1.09 bits per heavy atom. The van der Waals surface area contributed by atoms with Crippen LogP contribution in [0.5, 0.6) is 0 Å². The van der Waals surface area contributed by atoms with Gasteiger partial charge in [-0.1, -0.05) is 24.3 Å². The topological polar surface area (TPSA) is 25.8 Å². The van der Waals surface area contributed by atoms with Gasteiger partial charge < -0.3 is 0 Å². The summed E-state index contributed by atoms with van der Waals surface area (Å²) in [6.45, 7) is 0. The average Bonchev–Trinajstić information content (AvgIpc) is 3.00. The highest BCUT2D eigenvalue weighted by Gasteiger charge is 2.08. The van der Waals surface area contributed by atoms with Crippen molar-refractivity contribution in [2.75, 3.05) is 0 Å². The van der Waals surface area contributed by atoms with Crippen LogP contribution in [0.25, 0.3) is 20.4 Å². The molecule has 0 atom stereocenters. The summed E-state index contributed by atoms with van der Waals surface area (Å²) in [5.74, 6) is 0. The second-order valence-corrected chi connectivity index (χ2v) is 6.56. The van der Waals surface area contributed by atoms with Crippen LogP contribution in [0.2, 0.25) is 0 Å². The van der Waals surface area contributed by atoms with Gasteiger partial charge in [-0.25, -0.2) is 9.97 Å². The van der Waals surface area contributed by atoms with Gasteiger partial charge in [0.05, 0.1) is 26.9 Å². The van der Waals surface area contributed by atoms with E-state index in [1.165, 1.54) is 9.40 Å². The summed E-state index contributed by atoms with van der Waals surface area (Å²) in [6.07, 6.45) is 0.832. The van der Waals surface area contributed by atoms with Gasteiger partial charge in [-0.2, -0.15) is 0 Å². The van der Waals surface area contributed by atoms with Crippen molar-refractivity contribution in [3.63, 3.8) is 0 Å². The molecule has 4 aromatic rings. The zero-order valence-electron chi connectivity index (χ0n) is 11.4. The van der Waals surface area contributed by atoms with Crippen LogP contribution >= 0.6 is 22.7 Å². The van der Waals surface area contributed by atoms with E-state index in [0.29, 0.717) is 0 Å². The molecule has 111 valence electrons. The number of aromatic nitrogens is 2. The van der Waals surface area contributed by atoms with E-state index in [1.807, 2.05) is 12.1 Å². The zero-order valence-corrected chi connectivity index (χ0v) is 13.1. The maximum atomic E-state index is 4.66. The normalized spacial score (nSPS) is 9.82. The van der Waals surface area contributed by atoms with Crippen molar-refractivity contribution >= 4 is 51.5 Å². The molecule has 7 heteroatoms. The molecule has 2 nitrogen and oxygen atoms in total. The van der Waals surface area contributed by atoms with Gasteiger partial charge in [-0.15, -0.1) is 22.7 Å². The first-order chi connectivity index (χ1) is 9.38. The number of hydrogen-bond donors (Lipinski definition) is 0. The number of halogens is 2. The van der Waals surface area contributed by atoms with Crippen molar-refractivity contribution in [2.24, 2.45) is 0 Å². The average molecular weight is 333 g/mol. The smallest absolute Gasteiger partial charge is 0.101 e. The van der Waals surface area contributed by atoms with Crippen LogP contribution in [0.4, 0.5) is 9.41 Å². The lowest BCUT2D eigenvalue weighted by Gasteiger charge is -1.88. The van der Waals surface area contributed by atoms with Crippen LogP contribution in [-0.2, 0) is 6.42 Å². The van der Waals surface area contributed by atoms with Crippen molar-refractivity contribution in [1.82, 2.24) is 9.97 Å². The van der Waals surface area contributed by atoms with E-state index in [1.54, 1.807) is 22.7 Å². The number of thiazole rings is 2. The maximum absolute atomic E-state index is 4.66. The maximum Gasteiger partial charge on any atom is 0.101 e. The second-order valence-electron chi connectivity index (χ2n) is 4.33. The molecular formula is C15H12BF2N2S2. The molecule has 0 unspecified atom stereocenters. The lowest BCUT2D eigenvalue weighted by molar-refractivity contribution is 1.11. The number of fused-ring (bicyclic) bond motifs is 2. The third-order valence-corrected chi connectivity index (χ3v) is 5.05. The van der Waals surface area contributed by atoms with Gasteiger partial charge in [0.1, 0.15) is 10.0 Å². The molecule has 0 amide bonds. The molecular weight excluding hydrogens is 321 g/mol. The third kappa shape index (κ3) is 3.31. The van der Waals surface area contributed by atoms with Gasteiger partial charge in [-0.3, -0.25) is 9.41 Å². The van der Waals surface area contributed by atoms with Crippen LogP contribution in [0.3, 0.4) is 0 Å². The molecule has 0 bridgehead atoms. The fraction of sp³-hybridized carbons (Fsp3) is 0.0667. The Labute approximate surface area is 136 Å². The Morgan fingerprint density at radius 1 is 0.682 bits per heavy atom. The van der Waals surface area contributed by atoms with Crippen molar-refractivity contribution in [3.05, 3.63) is 58.5 Å². The molecule has 2 heterocycles.